The number of furan rings is 1. The molecule has 0 saturated heterocycles. The van der Waals surface area contributed by atoms with Gasteiger partial charge in [0.1, 0.15) is 10.8 Å². The maximum atomic E-state index is 11.8. The number of hydrogen-bond donors (Lipinski definition) is 2. The minimum Gasteiger partial charge on any atom is -0.469 e. The molecule has 5 nitrogen and oxygen atoms in total. The van der Waals surface area contributed by atoms with Gasteiger partial charge in [-0.1, -0.05) is 6.92 Å². The number of aryl methyl sites for hydroxylation is 1. The van der Waals surface area contributed by atoms with E-state index in [4.69, 9.17) is 4.42 Å². The van der Waals surface area contributed by atoms with Crippen molar-refractivity contribution >= 4 is 17.4 Å². The molecule has 108 valence electrons. The Labute approximate surface area is 122 Å². The van der Waals surface area contributed by atoms with Gasteiger partial charge in [0, 0.05) is 24.0 Å². The Morgan fingerprint density at radius 2 is 2.40 bits per heavy atom. The summed E-state index contributed by atoms with van der Waals surface area (Å²) in [6.07, 6.45) is 3.14. The molecule has 0 unspecified atom stereocenters. The number of thiazole rings is 1. The average molecular weight is 293 g/mol. The van der Waals surface area contributed by atoms with Gasteiger partial charge in [-0.05, 0) is 25.5 Å². The van der Waals surface area contributed by atoms with Crippen molar-refractivity contribution in [3.63, 3.8) is 0 Å². The van der Waals surface area contributed by atoms with Gasteiger partial charge in [-0.3, -0.25) is 0 Å². The summed E-state index contributed by atoms with van der Waals surface area (Å²) in [5.74, 6) is 0.868. The summed E-state index contributed by atoms with van der Waals surface area (Å²) in [5, 5.41) is 8.72. The molecule has 2 rings (SSSR count). The zero-order valence-corrected chi connectivity index (χ0v) is 12.5. The van der Waals surface area contributed by atoms with Gasteiger partial charge in [-0.2, -0.15) is 0 Å². The number of aromatic nitrogens is 1. The first kappa shape index (κ1) is 14.6. The van der Waals surface area contributed by atoms with Crippen LogP contribution in [-0.2, 0) is 6.42 Å². The molecule has 0 aromatic carbocycles. The normalized spacial score (nSPS) is 12.1. The number of carbonyl (C=O) groups is 1. The van der Waals surface area contributed by atoms with E-state index in [2.05, 4.69) is 15.6 Å². The van der Waals surface area contributed by atoms with Crippen LogP contribution in [0.1, 0.15) is 35.8 Å². The van der Waals surface area contributed by atoms with Crippen LogP contribution in [0.4, 0.5) is 4.79 Å². The van der Waals surface area contributed by atoms with Crippen LogP contribution in [0.25, 0.3) is 0 Å². The molecule has 2 heterocycles. The molecule has 0 bridgehead atoms. The molecule has 0 aliphatic carbocycles. The molecular weight excluding hydrogens is 274 g/mol. The zero-order valence-electron chi connectivity index (χ0n) is 11.7. The Bertz CT molecular complexity index is 536. The molecule has 0 saturated carbocycles. The summed E-state index contributed by atoms with van der Waals surface area (Å²) in [5.41, 5.74) is 0.989. The highest BCUT2D eigenvalue weighted by Gasteiger charge is 2.15. The van der Waals surface area contributed by atoms with Crippen LogP contribution in [-0.4, -0.2) is 17.6 Å². The highest BCUT2D eigenvalue weighted by molar-refractivity contribution is 7.09. The van der Waals surface area contributed by atoms with Crippen molar-refractivity contribution < 1.29 is 9.21 Å². The Morgan fingerprint density at radius 1 is 1.55 bits per heavy atom. The Kier molecular flexibility index (Phi) is 5.17. The lowest BCUT2D eigenvalue weighted by molar-refractivity contribution is 0.236. The summed E-state index contributed by atoms with van der Waals surface area (Å²) in [7, 11) is 0. The minimum atomic E-state index is -0.170. The summed E-state index contributed by atoms with van der Waals surface area (Å²) < 4.78 is 5.21. The molecular formula is C14H19N3O2S. The predicted molar refractivity (Wildman–Crippen MR) is 78.8 cm³/mol. The van der Waals surface area contributed by atoms with Gasteiger partial charge in [0.05, 0.1) is 12.3 Å². The third-order valence-electron chi connectivity index (χ3n) is 2.89. The topological polar surface area (TPSA) is 67.2 Å². The van der Waals surface area contributed by atoms with Crippen LogP contribution in [0.3, 0.4) is 0 Å². The first-order chi connectivity index (χ1) is 9.69. The molecule has 2 amide bonds. The fourth-order valence-electron chi connectivity index (χ4n) is 1.83. The molecule has 1 atom stereocenters. The van der Waals surface area contributed by atoms with E-state index in [1.165, 1.54) is 0 Å². The lowest BCUT2D eigenvalue weighted by Gasteiger charge is -2.15. The minimum absolute atomic E-state index is 0.0303. The molecule has 20 heavy (non-hydrogen) atoms. The molecule has 0 aliphatic heterocycles. The molecule has 0 radical (unpaired) electrons. The fraction of sp³-hybridized carbons (Fsp3) is 0.429. The van der Waals surface area contributed by atoms with Gasteiger partial charge < -0.3 is 15.1 Å². The maximum absolute atomic E-state index is 11.8. The summed E-state index contributed by atoms with van der Waals surface area (Å²) in [6.45, 7) is 4.54. The van der Waals surface area contributed by atoms with Gasteiger partial charge in [0.15, 0.2) is 0 Å². The third kappa shape index (κ3) is 4.09. The van der Waals surface area contributed by atoms with Gasteiger partial charge in [-0.25, -0.2) is 9.78 Å². The second-order valence-corrected chi connectivity index (χ2v) is 5.41. The Balaban J connectivity index is 1.77. The van der Waals surface area contributed by atoms with E-state index in [-0.39, 0.29) is 12.1 Å². The van der Waals surface area contributed by atoms with Gasteiger partial charge in [0.2, 0.25) is 0 Å². The summed E-state index contributed by atoms with van der Waals surface area (Å²) in [4.78, 5) is 16.3. The number of amides is 2. The van der Waals surface area contributed by atoms with Crippen LogP contribution in [0, 0.1) is 6.92 Å². The standard InChI is InChI=1S/C14H19N3O2S/c1-3-12(13-16-10(2)9-20-13)17-14(18)15-7-6-11-5-4-8-19-11/h4-5,8-9,12H,3,6-7H2,1-2H3,(H2,15,17,18)/t12-/m0/s1. The zero-order chi connectivity index (χ0) is 14.4. The second-order valence-electron chi connectivity index (χ2n) is 4.52. The number of hydrogen-bond acceptors (Lipinski definition) is 4. The van der Waals surface area contributed by atoms with E-state index in [9.17, 15) is 4.79 Å². The quantitative estimate of drug-likeness (QED) is 0.860. The van der Waals surface area contributed by atoms with Crippen LogP contribution in [0.2, 0.25) is 0 Å². The Hall–Kier alpha value is -1.82. The van der Waals surface area contributed by atoms with Crippen molar-refractivity contribution in [2.45, 2.75) is 32.7 Å². The van der Waals surface area contributed by atoms with Crippen LogP contribution in [0.15, 0.2) is 28.2 Å². The first-order valence-corrected chi connectivity index (χ1v) is 7.55. The van der Waals surface area contributed by atoms with E-state index in [0.717, 1.165) is 22.9 Å². The molecule has 2 aromatic heterocycles. The number of urea groups is 1. The van der Waals surface area contributed by atoms with Crippen LogP contribution < -0.4 is 10.6 Å². The number of carbonyl (C=O) groups excluding carboxylic acids is 1. The van der Waals surface area contributed by atoms with E-state index in [0.29, 0.717) is 13.0 Å². The van der Waals surface area contributed by atoms with Crippen molar-refractivity contribution in [2.75, 3.05) is 6.54 Å². The summed E-state index contributed by atoms with van der Waals surface area (Å²) in [6, 6.07) is 3.54. The molecule has 2 aromatic rings. The van der Waals surface area contributed by atoms with E-state index in [1.54, 1.807) is 17.6 Å². The first-order valence-electron chi connectivity index (χ1n) is 6.67. The molecule has 2 N–H and O–H groups in total. The number of rotatable bonds is 6. The number of nitrogens with zero attached hydrogens (tertiary/aromatic N) is 1. The monoisotopic (exact) mass is 293 g/mol. The van der Waals surface area contributed by atoms with Crippen molar-refractivity contribution in [1.82, 2.24) is 15.6 Å². The SMILES string of the molecule is CC[C@H](NC(=O)NCCc1ccco1)c1nc(C)cs1. The van der Waals surface area contributed by atoms with Crippen LogP contribution in [0.5, 0.6) is 0 Å². The highest BCUT2D eigenvalue weighted by atomic mass is 32.1. The molecule has 0 aliphatic rings. The van der Waals surface area contributed by atoms with E-state index >= 15 is 0 Å². The Morgan fingerprint density at radius 3 is 3.00 bits per heavy atom. The van der Waals surface area contributed by atoms with Gasteiger partial charge in [0.25, 0.3) is 0 Å². The average Bonchev–Trinajstić information content (AvgIpc) is 3.07. The van der Waals surface area contributed by atoms with Crippen LogP contribution >= 0.6 is 11.3 Å². The largest absolute Gasteiger partial charge is 0.469 e. The predicted octanol–water partition coefficient (Wildman–Crippen LogP) is 3.04. The van der Waals surface area contributed by atoms with Gasteiger partial charge in [-0.15, -0.1) is 11.3 Å². The van der Waals surface area contributed by atoms with E-state index in [1.807, 2.05) is 31.4 Å². The van der Waals surface area contributed by atoms with Crippen molar-refractivity contribution in [3.05, 3.63) is 40.2 Å². The fourth-order valence-corrected chi connectivity index (χ4v) is 2.76. The lowest BCUT2D eigenvalue weighted by atomic mass is 10.2. The summed E-state index contributed by atoms with van der Waals surface area (Å²) >= 11 is 1.58. The molecule has 0 fully saturated rings. The van der Waals surface area contributed by atoms with Crippen molar-refractivity contribution in [3.8, 4) is 0 Å². The molecule has 6 heteroatoms. The number of nitrogens with one attached hydrogen (secondary N) is 2. The highest BCUT2D eigenvalue weighted by Crippen LogP contribution is 2.20. The van der Waals surface area contributed by atoms with E-state index < -0.39 is 0 Å². The van der Waals surface area contributed by atoms with Crippen molar-refractivity contribution in [2.24, 2.45) is 0 Å². The smallest absolute Gasteiger partial charge is 0.315 e. The second kappa shape index (κ2) is 7.09. The third-order valence-corrected chi connectivity index (χ3v) is 3.96. The molecule has 0 spiro atoms. The lowest BCUT2D eigenvalue weighted by Crippen LogP contribution is -2.38. The van der Waals surface area contributed by atoms with Gasteiger partial charge >= 0.3 is 6.03 Å². The maximum Gasteiger partial charge on any atom is 0.315 e. The van der Waals surface area contributed by atoms with Crippen molar-refractivity contribution in [1.29, 1.82) is 0 Å².